The first-order valence-electron chi connectivity index (χ1n) is 31.6. The number of hydrogen-bond acceptors (Lipinski definition) is 8. The van der Waals surface area contributed by atoms with Crippen molar-refractivity contribution >= 4 is 19.8 Å². The summed E-state index contributed by atoms with van der Waals surface area (Å²) in [5.41, 5.74) is 0. The molecule has 0 aromatic carbocycles. The number of esters is 2. The molecule has 0 fully saturated rings. The fourth-order valence-electron chi connectivity index (χ4n) is 8.86. The van der Waals surface area contributed by atoms with Crippen molar-refractivity contribution in [3.8, 4) is 0 Å². The third-order valence-corrected chi connectivity index (χ3v) is 14.7. The van der Waals surface area contributed by atoms with E-state index in [4.69, 9.17) is 18.5 Å². The van der Waals surface area contributed by atoms with Gasteiger partial charge in [0, 0.05) is 12.8 Å². The summed E-state index contributed by atoms with van der Waals surface area (Å²) in [5, 5.41) is 0. The van der Waals surface area contributed by atoms with Crippen LogP contribution in [0, 0.1) is 0 Å². The molecule has 442 valence electrons. The fourth-order valence-corrected chi connectivity index (χ4v) is 9.58. The highest BCUT2D eigenvalue weighted by Gasteiger charge is 2.22. The smallest absolute Gasteiger partial charge is 0.306 e. The Morgan fingerprint density at radius 2 is 0.750 bits per heavy atom. The van der Waals surface area contributed by atoms with E-state index in [1.54, 1.807) is 0 Å². The molecule has 0 radical (unpaired) electrons. The Morgan fingerprint density at radius 3 is 1.13 bits per heavy atom. The van der Waals surface area contributed by atoms with Gasteiger partial charge >= 0.3 is 11.9 Å². The maximum atomic E-state index is 12.8. The quantitative estimate of drug-likeness (QED) is 0.0195. The lowest BCUT2D eigenvalue weighted by atomic mass is 10.0. The van der Waals surface area contributed by atoms with Crippen molar-refractivity contribution in [2.45, 2.75) is 290 Å². The van der Waals surface area contributed by atoms with Crippen LogP contribution >= 0.6 is 7.82 Å². The summed E-state index contributed by atoms with van der Waals surface area (Å²) in [6.07, 6.45) is 75.3. The van der Waals surface area contributed by atoms with Gasteiger partial charge in [-0.3, -0.25) is 14.2 Å². The Hall–Kier alpha value is -2.55. The number of allylic oxidation sites excluding steroid dienone is 12. The van der Waals surface area contributed by atoms with E-state index in [2.05, 4.69) is 86.8 Å². The molecule has 0 aromatic rings. The highest BCUT2D eigenvalue weighted by Crippen LogP contribution is 2.38. The predicted molar refractivity (Wildman–Crippen MR) is 323 cm³/mol. The van der Waals surface area contributed by atoms with Crippen molar-refractivity contribution in [3.63, 3.8) is 0 Å². The summed E-state index contributed by atoms with van der Waals surface area (Å²) in [4.78, 5) is 38.0. The number of ether oxygens (including phenoxy) is 2. The number of carbonyl (C=O) groups is 2. The minimum Gasteiger partial charge on any atom is -0.756 e. The van der Waals surface area contributed by atoms with Crippen LogP contribution in [0.25, 0.3) is 0 Å². The van der Waals surface area contributed by atoms with Gasteiger partial charge in [-0.15, -0.1) is 0 Å². The van der Waals surface area contributed by atoms with Gasteiger partial charge in [-0.25, -0.2) is 0 Å². The van der Waals surface area contributed by atoms with E-state index in [0.29, 0.717) is 17.4 Å². The molecule has 0 saturated heterocycles. The molecule has 0 aliphatic heterocycles. The topological polar surface area (TPSA) is 111 Å². The monoisotopic (exact) mass is 1090 g/mol. The molecule has 0 aliphatic carbocycles. The normalized spacial score (nSPS) is 13.7. The first kappa shape index (κ1) is 73.5. The molecule has 0 heterocycles. The number of phosphoric acid groups is 1. The minimum atomic E-state index is -4.64. The van der Waals surface area contributed by atoms with Crippen molar-refractivity contribution in [1.82, 2.24) is 0 Å². The van der Waals surface area contributed by atoms with Gasteiger partial charge in [-0.1, -0.05) is 260 Å². The molecule has 9 nitrogen and oxygen atoms in total. The van der Waals surface area contributed by atoms with Gasteiger partial charge in [-0.05, 0) is 83.5 Å². The van der Waals surface area contributed by atoms with E-state index in [1.807, 2.05) is 21.1 Å². The molecule has 0 amide bonds. The molecule has 2 atom stereocenters. The van der Waals surface area contributed by atoms with Crippen molar-refractivity contribution in [2.75, 3.05) is 47.5 Å². The average Bonchev–Trinajstić information content (AvgIpc) is 3.38. The van der Waals surface area contributed by atoms with Gasteiger partial charge in [0.05, 0.1) is 27.7 Å². The number of phosphoric ester groups is 1. The van der Waals surface area contributed by atoms with Gasteiger partial charge in [-0.2, -0.15) is 0 Å². The summed E-state index contributed by atoms with van der Waals surface area (Å²) in [7, 11) is 1.17. The highest BCUT2D eigenvalue weighted by atomic mass is 31.2. The predicted octanol–water partition coefficient (Wildman–Crippen LogP) is 19.4. The van der Waals surface area contributed by atoms with Crippen molar-refractivity contribution in [1.29, 1.82) is 0 Å². The SMILES string of the molecule is CC/C=C\C/C=C\C/C=C\C/C=C\C/C=C\CCCCCCCCCCCCCCCC(=O)OC(COC(=O)CCCCCCCCCCCCC/C=C\CCCCCCCCCC)COP(=O)([O-])OCC[N+](C)(C)C. The molecule has 0 aromatic heterocycles. The third kappa shape index (κ3) is 60.7. The van der Waals surface area contributed by atoms with E-state index in [-0.39, 0.29) is 32.0 Å². The number of unbranched alkanes of at least 4 members (excludes halogenated alkanes) is 32. The highest BCUT2D eigenvalue weighted by molar-refractivity contribution is 7.45. The Bertz CT molecular complexity index is 1510. The Labute approximate surface area is 469 Å². The summed E-state index contributed by atoms with van der Waals surface area (Å²) in [5.74, 6) is -0.828. The maximum absolute atomic E-state index is 12.8. The Balaban J connectivity index is 4.11. The fraction of sp³-hybridized carbons (Fsp3) is 0.788. The molecule has 0 spiro atoms. The van der Waals surface area contributed by atoms with Crippen LogP contribution in [-0.2, 0) is 32.7 Å². The third-order valence-electron chi connectivity index (χ3n) is 13.7. The molecule has 2 unspecified atom stereocenters. The van der Waals surface area contributed by atoms with Crippen LogP contribution in [0.2, 0.25) is 0 Å². The first-order chi connectivity index (χ1) is 37.0. The molecule has 0 N–H and O–H groups in total. The molecule has 76 heavy (non-hydrogen) atoms. The van der Waals surface area contributed by atoms with Crippen molar-refractivity contribution in [2.24, 2.45) is 0 Å². The number of rotatable bonds is 58. The summed E-state index contributed by atoms with van der Waals surface area (Å²) in [6.45, 7) is 4.16. The molecule has 0 rings (SSSR count). The maximum Gasteiger partial charge on any atom is 0.306 e. The number of carbonyl (C=O) groups excluding carboxylic acids is 2. The zero-order valence-corrected chi connectivity index (χ0v) is 51.1. The van der Waals surface area contributed by atoms with Crippen molar-refractivity contribution < 1.29 is 42.1 Å². The van der Waals surface area contributed by atoms with Gasteiger partial charge in [0.1, 0.15) is 19.8 Å². The summed E-state index contributed by atoms with van der Waals surface area (Å²) in [6, 6.07) is 0. The standard InChI is InChI=1S/C66H120NO8P/c1-6-8-10-12-14-16-18-20-22-24-26-28-30-31-32-33-34-35-37-39-41-43-45-47-49-51-53-55-57-59-66(69)75-64(63-74-76(70,71)73-61-60-67(3,4)5)62-72-65(68)58-56-54-52-50-48-46-44-42-40-38-36-29-27-25-23-21-19-17-15-13-11-9-7-2/h8,10,14,16,20,22,25-28,31-32,64H,6-7,9,11-13,15,17-19,21,23-24,29-30,33-63H2,1-5H3/b10-8-,16-14-,22-20-,27-25-,28-26-,32-31-. The van der Waals surface area contributed by atoms with E-state index in [1.165, 1.54) is 180 Å². The summed E-state index contributed by atoms with van der Waals surface area (Å²) < 4.78 is 34.2. The van der Waals surface area contributed by atoms with Gasteiger partial charge < -0.3 is 27.9 Å². The second-order valence-electron chi connectivity index (χ2n) is 22.4. The Morgan fingerprint density at radius 1 is 0.421 bits per heavy atom. The van der Waals surface area contributed by atoms with Crippen LogP contribution < -0.4 is 4.89 Å². The zero-order chi connectivity index (χ0) is 55.6. The number of likely N-dealkylation sites (N-methyl/N-ethyl adjacent to an activating group) is 1. The van der Waals surface area contributed by atoms with Crippen LogP contribution in [-0.4, -0.2) is 70.0 Å². The van der Waals surface area contributed by atoms with Crippen LogP contribution in [0.5, 0.6) is 0 Å². The van der Waals surface area contributed by atoms with E-state index < -0.39 is 26.5 Å². The lowest BCUT2D eigenvalue weighted by molar-refractivity contribution is -0.870. The molecule has 0 bridgehead atoms. The van der Waals surface area contributed by atoms with Crippen molar-refractivity contribution in [3.05, 3.63) is 72.9 Å². The number of nitrogens with zero attached hydrogens (tertiary/aromatic N) is 1. The molecular weight excluding hydrogens is 966 g/mol. The van der Waals surface area contributed by atoms with E-state index in [9.17, 15) is 19.0 Å². The molecule has 10 heteroatoms. The van der Waals surface area contributed by atoms with E-state index >= 15 is 0 Å². The van der Waals surface area contributed by atoms with Crippen LogP contribution in [0.4, 0.5) is 0 Å². The van der Waals surface area contributed by atoms with Crippen LogP contribution in [0.1, 0.15) is 284 Å². The zero-order valence-electron chi connectivity index (χ0n) is 50.2. The number of hydrogen-bond donors (Lipinski definition) is 0. The number of quaternary nitrogens is 1. The summed E-state index contributed by atoms with van der Waals surface area (Å²) >= 11 is 0. The van der Waals surface area contributed by atoms with Crippen LogP contribution in [0.3, 0.4) is 0 Å². The average molecular weight is 1090 g/mol. The second kappa shape index (κ2) is 57.1. The van der Waals surface area contributed by atoms with Gasteiger partial charge in [0.25, 0.3) is 7.82 Å². The lowest BCUT2D eigenvalue weighted by Gasteiger charge is -2.28. The van der Waals surface area contributed by atoms with Crippen LogP contribution in [0.15, 0.2) is 72.9 Å². The molecular formula is C66H120NO8P. The lowest BCUT2D eigenvalue weighted by Crippen LogP contribution is -2.37. The second-order valence-corrected chi connectivity index (χ2v) is 23.8. The van der Waals surface area contributed by atoms with Gasteiger partial charge in [0.2, 0.25) is 0 Å². The van der Waals surface area contributed by atoms with Gasteiger partial charge in [0.15, 0.2) is 6.10 Å². The first-order valence-corrected chi connectivity index (χ1v) is 33.1. The molecule has 0 saturated carbocycles. The Kier molecular flexibility index (Phi) is 55.2. The largest absolute Gasteiger partial charge is 0.756 e. The van der Waals surface area contributed by atoms with E-state index in [0.717, 1.165) is 70.6 Å². The molecule has 0 aliphatic rings. The minimum absolute atomic E-state index is 0.0324.